The van der Waals surface area contributed by atoms with E-state index in [1.807, 2.05) is 0 Å². The quantitative estimate of drug-likeness (QED) is 0.695. The summed E-state index contributed by atoms with van der Waals surface area (Å²) in [6.07, 6.45) is 10.3. The molecular formula is C13H24O2. The lowest BCUT2D eigenvalue weighted by atomic mass is 9.91. The van der Waals surface area contributed by atoms with Crippen molar-refractivity contribution < 1.29 is 9.47 Å². The van der Waals surface area contributed by atoms with Gasteiger partial charge in [-0.3, -0.25) is 0 Å². The van der Waals surface area contributed by atoms with Crippen LogP contribution < -0.4 is 0 Å². The average Bonchev–Trinajstić information content (AvgIpc) is 2.29. The Morgan fingerprint density at radius 3 is 1.93 bits per heavy atom. The fourth-order valence-electron chi connectivity index (χ4n) is 2.85. The molecular weight excluding hydrogens is 188 g/mol. The van der Waals surface area contributed by atoms with Gasteiger partial charge in [0.15, 0.2) is 5.79 Å². The van der Waals surface area contributed by atoms with Gasteiger partial charge in [-0.05, 0) is 32.1 Å². The van der Waals surface area contributed by atoms with Crippen LogP contribution in [-0.2, 0) is 9.47 Å². The minimum atomic E-state index is -0.197. The highest BCUT2D eigenvalue weighted by atomic mass is 16.7. The van der Waals surface area contributed by atoms with Gasteiger partial charge in [0, 0.05) is 12.8 Å². The summed E-state index contributed by atoms with van der Waals surface area (Å²) in [5.74, 6) is -0.197. The van der Waals surface area contributed by atoms with Gasteiger partial charge < -0.3 is 9.47 Å². The van der Waals surface area contributed by atoms with E-state index in [-0.39, 0.29) is 5.79 Å². The third kappa shape index (κ3) is 2.54. The Morgan fingerprint density at radius 2 is 1.47 bits per heavy atom. The molecule has 1 aliphatic heterocycles. The maximum Gasteiger partial charge on any atom is 0.169 e. The molecule has 0 aromatic rings. The molecule has 2 fully saturated rings. The summed E-state index contributed by atoms with van der Waals surface area (Å²) in [5, 5.41) is 0. The lowest BCUT2D eigenvalue weighted by molar-refractivity contribution is -0.329. The van der Waals surface area contributed by atoms with Crippen LogP contribution >= 0.6 is 0 Å². The van der Waals surface area contributed by atoms with Gasteiger partial charge in [0.25, 0.3) is 0 Å². The Bertz CT molecular complexity index is 183. The van der Waals surface area contributed by atoms with Crippen LogP contribution in [0.5, 0.6) is 0 Å². The molecule has 1 aliphatic carbocycles. The molecule has 0 aromatic carbocycles. The predicted molar refractivity (Wildman–Crippen MR) is 60.8 cm³/mol. The molecule has 1 heterocycles. The van der Waals surface area contributed by atoms with Crippen molar-refractivity contribution in [1.82, 2.24) is 0 Å². The number of rotatable bonds is 2. The molecule has 88 valence electrons. The molecule has 0 amide bonds. The molecule has 2 atom stereocenters. The highest BCUT2D eigenvalue weighted by Crippen LogP contribution is 2.40. The minimum absolute atomic E-state index is 0.197. The van der Waals surface area contributed by atoms with Gasteiger partial charge in [0.05, 0.1) is 12.2 Å². The fourth-order valence-corrected chi connectivity index (χ4v) is 2.85. The van der Waals surface area contributed by atoms with E-state index in [2.05, 4.69) is 13.8 Å². The van der Waals surface area contributed by atoms with E-state index in [1.54, 1.807) is 0 Å². The van der Waals surface area contributed by atoms with Crippen LogP contribution in [0.3, 0.4) is 0 Å². The maximum absolute atomic E-state index is 6.17. The number of hydrogen-bond donors (Lipinski definition) is 0. The molecule has 0 bridgehead atoms. The molecule has 0 aromatic heterocycles. The zero-order valence-corrected chi connectivity index (χ0v) is 10.1. The molecule has 1 spiro atoms. The van der Waals surface area contributed by atoms with Gasteiger partial charge in [0.2, 0.25) is 0 Å². The molecule has 1 saturated carbocycles. The summed E-state index contributed by atoms with van der Waals surface area (Å²) in [6, 6.07) is 0. The van der Waals surface area contributed by atoms with Crippen LogP contribution in [0.2, 0.25) is 0 Å². The van der Waals surface area contributed by atoms with E-state index >= 15 is 0 Å². The molecule has 2 rings (SSSR count). The van der Waals surface area contributed by atoms with E-state index in [0.717, 1.165) is 32.1 Å². The van der Waals surface area contributed by atoms with E-state index < -0.39 is 0 Å². The fraction of sp³-hybridized carbons (Fsp3) is 1.00. The van der Waals surface area contributed by atoms with Crippen LogP contribution in [0.25, 0.3) is 0 Å². The largest absolute Gasteiger partial charge is 0.347 e. The van der Waals surface area contributed by atoms with Crippen LogP contribution in [0.15, 0.2) is 0 Å². The molecule has 2 nitrogen and oxygen atoms in total. The van der Waals surface area contributed by atoms with Crippen molar-refractivity contribution in [3.63, 3.8) is 0 Å². The predicted octanol–water partition coefficient (Wildman–Crippen LogP) is 3.64. The molecule has 15 heavy (non-hydrogen) atoms. The van der Waals surface area contributed by atoms with Crippen molar-refractivity contribution in [3.05, 3.63) is 0 Å². The number of ether oxygens (including phenoxy) is 2. The second-order valence-electron chi connectivity index (χ2n) is 5.00. The van der Waals surface area contributed by atoms with Crippen molar-refractivity contribution in [2.45, 2.75) is 83.2 Å². The summed E-state index contributed by atoms with van der Waals surface area (Å²) in [4.78, 5) is 0. The van der Waals surface area contributed by atoms with Crippen LogP contribution in [0.1, 0.15) is 65.2 Å². The molecule has 0 N–H and O–H groups in total. The maximum atomic E-state index is 6.17. The molecule has 1 saturated heterocycles. The Morgan fingerprint density at radius 1 is 0.933 bits per heavy atom. The second kappa shape index (κ2) is 4.84. The summed E-state index contributed by atoms with van der Waals surface area (Å²) in [6.45, 7) is 4.44. The Labute approximate surface area is 93.3 Å². The first-order valence-electron chi connectivity index (χ1n) is 6.63. The summed E-state index contributed by atoms with van der Waals surface area (Å²) in [5.41, 5.74) is 0. The van der Waals surface area contributed by atoms with Crippen LogP contribution in [-0.4, -0.2) is 18.0 Å². The third-order valence-electron chi connectivity index (χ3n) is 3.81. The second-order valence-corrected chi connectivity index (χ2v) is 5.00. The zero-order chi connectivity index (χ0) is 10.7. The van der Waals surface area contributed by atoms with Crippen molar-refractivity contribution in [1.29, 1.82) is 0 Å². The zero-order valence-electron chi connectivity index (χ0n) is 10.1. The Hall–Kier alpha value is -0.0800. The normalized spacial score (nSPS) is 35.6. The van der Waals surface area contributed by atoms with E-state index in [4.69, 9.17) is 9.47 Å². The van der Waals surface area contributed by atoms with Crippen LogP contribution in [0.4, 0.5) is 0 Å². The third-order valence-corrected chi connectivity index (χ3v) is 3.81. The van der Waals surface area contributed by atoms with Gasteiger partial charge in [0.1, 0.15) is 0 Å². The van der Waals surface area contributed by atoms with E-state index in [0.29, 0.717) is 12.2 Å². The van der Waals surface area contributed by atoms with Crippen molar-refractivity contribution in [2.75, 3.05) is 0 Å². The molecule has 0 radical (unpaired) electrons. The lowest BCUT2D eigenvalue weighted by Gasteiger charge is -2.46. The summed E-state index contributed by atoms with van der Waals surface area (Å²) < 4.78 is 12.3. The van der Waals surface area contributed by atoms with Crippen molar-refractivity contribution in [2.24, 2.45) is 0 Å². The average molecular weight is 212 g/mol. The van der Waals surface area contributed by atoms with Gasteiger partial charge in [-0.25, -0.2) is 0 Å². The molecule has 2 unspecified atom stereocenters. The van der Waals surface area contributed by atoms with Crippen molar-refractivity contribution >= 4 is 0 Å². The lowest BCUT2D eigenvalue weighted by Crippen LogP contribution is -2.49. The van der Waals surface area contributed by atoms with E-state index in [1.165, 1.54) is 19.3 Å². The minimum Gasteiger partial charge on any atom is -0.347 e. The Kier molecular flexibility index (Phi) is 3.68. The van der Waals surface area contributed by atoms with E-state index in [9.17, 15) is 0 Å². The summed E-state index contributed by atoms with van der Waals surface area (Å²) in [7, 11) is 0. The highest BCUT2D eigenvalue weighted by Gasteiger charge is 2.42. The van der Waals surface area contributed by atoms with Gasteiger partial charge in [-0.2, -0.15) is 0 Å². The smallest absolute Gasteiger partial charge is 0.169 e. The first-order chi connectivity index (χ1) is 7.28. The van der Waals surface area contributed by atoms with Crippen LogP contribution in [0, 0.1) is 0 Å². The Balaban J connectivity index is 2.03. The summed E-state index contributed by atoms with van der Waals surface area (Å²) >= 11 is 0. The van der Waals surface area contributed by atoms with Crippen molar-refractivity contribution in [3.8, 4) is 0 Å². The molecule has 2 aliphatic rings. The van der Waals surface area contributed by atoms with Gasteiger partial charge in [-0.1, -0.05) is 20.3 Å². The SMILES string of the molecule is CCC1CC(CC)OC2(CCCCC2)O1. The highest BCUT2D eigenvalue weighted by molar-refractivity contribution is 4.83. The van der Waals surface area contributed by atoms with Gasteiger partial charge in [-0.15, -0.1) is 0 Å². The number of hydrogen-bond acceptors (Lipinski definition) is 2. The molecule has 2 heteroatoms. The van der Waals surface area contributed by atoms with Gasteiger partial charge >= 0.3 is 0 Å². The first-order valence-corrected chi connectivity index (χ1v) is 6.63. The first kappa shape index (κ1) is 11.4. The topological polar surface area (TPSA) is 18.5 Å². The standard InChI is InChI=1S/C13H24O2/c1-3-11-10-12(4-2)15-13(14-11)8-6-5-7-9-13/h11-12H,3-10H2,1-2H3. The monoisotopic (exact) mass is 212 g/mol.